The van der Waals surface area contributed by atoms with Crippen molar-refractivity contribution in [1.29, 1.82) is 0 Å². The molecule has 0 bridgehead atoms. The first-order chi connectivity index (χ1) is 9.46. The lowest BCUT2D eigenvalue weighted by molar-refractivity contribution is 0.166. The number of piperazine rings is 1. The summed E-state index contributed by atoms with van der Waals surface area (Å²) in [5, 5.41) is 0. The van der Waals surface area contributed by atoms with E-state index in [9.17, 15) is 8.42 Å². The maximum Gasteiger partial charge on any atom is 0.204 e. The van der Waals surface area contributed by atoms with Crippen LogP contribution in [0.4, 0.5) is 0 Å². The maximum absolute atomic E-state index is 12.6. The third kappa shape index (κ3) is 2.41. The summed E-state index contributed by atoms with van der Waals surface area (Å²) in [6.07, 6.45) is 1.84. The minimum atomic E-state index is -3.28. The van der Waals surface area contributed by atoms with Crippen molar-refractivity contribution in [3.63, 3.8) is 0 Å². The largest absolute Gasteiger partial charge is 0.304 e. The molecule has 2 aliphatic heterocycles. The summed E-state index contributed by atoms with van der Waals surface area (Å²) in [6.45, 7) is 6.31. The molecule has 0 amide bonds. The van der Waals surface area contributed by atoms with Crippen LogP contribution in [0.5, 0.6) is 0 Å². The van der Waals surface area contributed by atoms with Crippen molar-refractivity contribution in [3.05, 3.63) is 34.2 Å². The fourth-order valence-corrected chi connectivity index (χ4v) is 4.44. The van der Waals surface area contributed by atoms with Gasteiger partial charge in [0.05, 0.1) is 9.80 Å². The van der Waals surface area contributed by atoms with Crippen molar-refractivity contribution in [3.8, 4) is 0 Å². The van der Waals surface area contributed by atoms with E-state index in [0.29, 0.717) is 16.3 Å². The van der Waals surface area contributed by atoms with Crippen molar-refractivity contribution in [1.82, 2.24) is 9.80 Å². The van der Waals surface area contributed by atoms with Crippen molar-refractivity contribution in [2.24, 2.45) is 0 Å². The van der Waals surface area contributed by atoms with Crippen LogP contribution in [0, 0.1) is 6.92 Å². The number of benzene rings is 1. The molecule has 1 fully saturated rings. The summed E-state index contributed by atoms with van der Waals surface area (Å²) >= 11 is 0. The predicted molar refractivity (Wildman–Crippen MR) is 80.3 cm³/mol. The molecule has 1 aromatic carbocycles. The van der Waals surface area contributed by atoms with Crippen molar-refractivity contribution in [2.75, 3.05) is 39.8 Å². The molecule has 0 aliphatic carbocycles. The van der Waals surface area contributed by atoms with Crippen LogP contribution in [-0.2, 0) is 9.84 Å². The smallest absolute Gasteiger partial charge is 0.204 e. The van der Waals surface area contributed by atoms with Gasteiger partial charge in [-0.05, 0) is 37.2 Å². The Kier molecular flexibility index (Phi) is 3.44. The average molecular weight is 292 g/mol. The number of hydrogen-bond acceptors (Lipinski definition) is 4. The molecule has 0 saturated carbocycles. The van der Waals surface area contributed by atoms with E-state index < -0.39 is 9.84 Å². The molecule has 0 aromatic heterocycles. The third-order valence-electron chi connectivity index (χ3n) is 4.10. The second-order valence-electron chi connectivity index (χ2n) is 5.73. The van der Waals surface area contributed by atoms with Gasteiger partial charge in [-0.3, -0.25) is 4.90 Å². The molecule has 0 unspecified atom stereocenters. The van der Waals surface area contributed by atoms with Crippen LogP contribution in [0.25, 0.3) is 6.08 Å². The van der Waals surface area contributed by atoms with Gasteiger partial charge in [-0.1, -0.05) is 12.1 Å². The Morgan fingerprint density at radius 1 is 1.15 bits per heavy atom. The fraction of sp³-hybridized carbons (Fsp3) is 0.467. The number of fused-ring (bicyclic) bond motifs is 1. The first kappa shape index (κ1) is 13.8. The summed E-state index contributed by atoms with van der Waals surface area (Å²) in [4.78, 5) is 5.51. The van der Waals surface area contributed by atoms with E-state index in [4.69, 9.17) is 0 Å². The molecule has 0 radical (unpaired) electrons. The molecule has 0 spiro atoms. The second-order valence-corrected chi connectivity index (χ2v) is 7.71. The quantitative estimate of drug-likeness (QED) is 0.825. The average Bonchev–Trinajstić information content (AvgIpc) is 2.65. The summed E-state index contributed by atoms with van der Waals surface area (Å²) in [5.74, 6) is 0. The predicted octanol–water partition coefficient (Wildman–Crippen LogP) is 1.37. The van der Waals surface area contributed by atoms with E-state index in [0.717, 1.165) is 37.3 Å². The van der Waals surface area contributed by atoms with E-state index in [2.05, 4.69) is 16.8 Å². The molecule has 0 atom stereocenters. The van der Waals surface area contributed by atoms with Gasteiger partial charge in [-0.2, -0.15) is 0 Å². The highest BCUT2D eigenvalue weighted by Crippen LogP contribution is 2.33. The summed E-state index contributed by atoms with van der Waals surface area (Å²) < 4.78 is 25.1. The van der Waals surface area contributed by atoms with E-state index in [1.165, 1.54) is 0 Å². The molecule has 3 rings (SSSR count). The standard InChI is InChI=1S/C15H20N2O2S/c1-12-3-4-13-10-14(20(18,19)15(13)9-12)11-17-7-5-16(2)6-8-17/h3-4,9-10H,5-8,11H2,1-2H3. The highest BCUT2D eigenvalue weighted by atomic mass is 32.2. The Labute approximate surface area is 120 Å². The molecule has 2 heterocycles. The van der Waals surface area contributed by atoms with E-state index >= 15 is 0 Å². The normalized spacial score (nSPS) is 22.6. The van der Waals surface area contributed by atoms with Crippen LogP contribution in [0.1, 0.15) is 11.1 Å². The highest BCUT2D eigenvalue weighted by molar-refractivity contribution is 7.95. The SMILES string of the molecule is Cc1ccc2c(c1)S(=O)(=O)C(CN1CCN(C)CC1)=C2. The van der Waals surface area contributed by atoms with Gasteiger partial charge in [-0.15, -0.1) is 0 Å². The number of sulfone groups is 1. The number of rotatable bonds is 2. The van der Waals surface area contributed by atoms with Gasteiger partial charge < -0.3 is 4.90 Å². The Bertz CT molecular complexity index is 656. The maximum atomic E-state index is 12.6. The first-order valence-corrected chi connectivity index (χ1v) is 8.42. The van der Waals surface area contributed by atoms with Crippen molar-refractivity contribution < 1.29 is 8.42 Å². The van der Waals surface area contributed by atoms with Gasteiger partial charge in [0.15, 0.2) is 0 Å². The molecule has 1 aromatic rings. The first-order valence-electron chi connectivity index (χ1n) is 6.94. The monoisotopic (exact) mass is 292 g/mol. The number of hydrogen-bond donors (Lipinski definition) is 0. The van der Waals surface area contributed by atoms with Crippen molar-refractivity contribution in [2.45, 2.75) is 11.8 Å². The summed E-state index contributed by atoms with van der Waals surface area (Å²) in [6, 6.07) is 5.64. The van der Waals surface area contributed by atoms with E-state index in [-0.39, 0.29) is 0 Å². The van der Waals surface area contributed by atoms with Crippen LogP contribution < -0.4 is 0 Å². The van der Waals surface area contributed by atoms with Gasteiger partial charge in [-0.25, -0.2) is 8.42 Å². The Morgan fingerprint density at radius 2 is 1.85 bits per heavy atom. The van der Waals surface area contributed by atoms with E-state index in [1.54, 1.807) is 6.07 Å². The molecule has 1 saturated heterocycles. The van der Waals surface area contributed by atoms with Gasteiger partial charge in [0.25, 0.3) is 0 Å². The van der Waals surface area contributed by atoms with Crippen LogP contribution in [-0.4, -0.2) is 58.0 Å². The van der Waals surface area contributed by atoms with E-state index in [1.807, 2.05) is 25.1 Å². The molecular weight excluding hydrogens is 272 g/mol. The number of aryl methyl sites for hydroxylation is 1. The highest BCUT2D eigenvalue weighted by Gasteiger charge is 2.31. The van der Waals surface area contributed by atoms with Crippen LogP contribution in [0.15, 0.2) is 28.0 Å². The minimum absolute atomic E-state index is 0.474. The zero-order valence-corrected chi connectivity index (χ0v) is 12.8. The van der Waals surface area contributed by atoms with Crippen LogP contribution in [0.2, 0.25) is 0 Å². The molecule has 108 valence electrons. The Balaban J connectivity index is 1.83. The second kappa shape index (κ2) is 4.98. The van der Waals surface area contributed by atoms with Crippen LogP contribution >= 0.6 is 0 Å². The van der Waals surface area contributed by atoms with Gasteiger partial charge in [0.1, 0.15) is 0 Å². The van der Waals surface area contributed by atoms with Gasteiger partial charge >= 0.3 is 0 Å². The van der Waals surface area contributed by atoms with Crippen LogP contribution in [0.3, 0.4) is 0 Å². The zero-order chi connectivity index (χ0) is 14.3. The lowest BCUT2D eigenvalue weighted by Gasteiger charge is -2.32. The molecule has 0 N–H and O–H groups in total. The molecule has 5 heteroatoms. The number of nitrogens with zero attached hydrogens (tertiary/aromatic N) is 2. The zero-order valence-electron chi connectivity index (χ0n) is 12.0. The third-order valence-corrected chi connectivity index (χ3v) is 5.97. The molecule has 4 nitrogen and oxygen atoms in total. The lowest BCUT2D eigenvalue weighted by Crippen LogP contribution is -2.45. The molecular formula is C15H20N2O2S. The molecule has 20 heavy (non-hydrogen) atoms. The van der Waals surface area contributed by atoms with Crippen molar-refractivity contribution >= 4 is 15.9 Å². The topological polar surface area (TPSA) is 40.6 Å². The minimum Gasteiger partial charge on any atom is -0.304 e. The Hall–Kier alpha value is -1.17. The molecule has 2 aliphatic rings. The van der Waals surface area contributed by atoms with Gasteiger partial charge in [0, 0.05) is 32.7 Å². The summed E-state index contributed by atoms with van der Waals surface area (Å²) in [7, 11) is -1.18. The summed E-state index contributed by atoms with van der Waals surface area (Å²) in [5.41, 5.74) is 1.82. The van der Waals surface area contributed by atoms with Gasteiger partial charge in [0.2, 0.25) is 9.84 Å². The fourth-order valence-electron chi connectivity index (χ4n) is 2.74. The Morgan fingerprint density at radius 3 is 2.55 bits per heavy atom. The lowest BCUT2D eigenvalue weighted by atomic mass is 10.1. The number of likely N-dealkylation sites (N-methyl/N-ethyl adjacent to an activating group) is 1.